The molecule has 4 heteroatoms. The van der Waals surface area contributed by atoms with Gasteiger partial charge in [-0.3, -0.25) is 14.9 Å². The molecule has 0 heterocycles. The third kappa shape index (κ3) is 0.775. The molecular formula is C10H15NO3. The standard InChI is InChI=1S/C10H15NO3/c1-9(2)6-4-5-10(9,3)8(12)7(6)11(13)14/h6-7H,4-5H2,1-3H3/t6-,7-,10+/m1/s1. The quantitative estimate of drug-likeness (QED) is 0.474. The zero-order valence-electron chi connectivity index (χ0n) is 8.74. The molecule has 0 N–H and O–H groups in total. The van der Waals surface area contributed by atoms with Gasteiger partial charge in [0.25, 0.3) is 6.04 Å². The van der Waals surface area contributed by atoms with Gasteiger partial charge in [-0.25, -0.2) is 0 Å². The summed E-state index contributed by atoms with van der Waals surface area (Å²) in [5.74, 6) is -0.209. The minimum Gasteiger partial charge on any atom is -0.291 e. The number of carbonyl (C=O) groups is 1. The highest BCUT2D eigenvalue weighted by Crippen LogP contribution is 2.63. The van der Waals surface area contributed by atoms with Crippen LogP contribution in [-0.4, -0.2) is 16.7 Å². The first-order chi connectivity index (χ1) is 6.32. The van der Waals surface area contributed by atoms with E-state index < -0.39 is 11.5 Å². The van der Waals surface area contributed by atoms with E-state index in [0.29, 0.717) is 0 Å². The molecule has 4 nitrogen and oxygen atoms in total. The molecule has 0 amide bonds. The Morgan fingerprint density at radius 1 is 1.43 bits per heavy atom. The molecule has 0 radical (unpaired) electrons. The van der Waals surface area contributed by atoms with Crippen molar-refractivity contribution in [2.24, 2.45) is 16.7 Å². The Labute approximate surface area is 82.8 Å². The van der Waals surface area contributed by atoms with Crippen LogP contribution < -0.4 is 0 Å². The molecule has 0 spiro atoms. The summed E-state index contributed by atoms with van der Waals surface area (Å²) in [7, 11) is 0. The van der Waals surface area contributed by atoms with Gasteiger partial charge in [0, 0.05) is 16.3 Å². The Bertz CT molecular complexity index is 323. The van der Waals surface area contributed by atoms with Gasteiger partial charge in [-0.2, -0.15) is 0 Å². The lowest BCUT2D eigenvalue weighted by Crippen LogP contribution is -2.38. The largest absolute Gasteiger partial charge is 0.291 e. The number of ketones is 1. The monoisotopic (exact) mass is 197 g/mol. The van der Waals surface area contributed by atoms with E-state index in [0.717, 1.165) is 12.8 Å². The molecule has 0 aromatic carbocycles. The third-order valence-corrected chi connectivity index (χ3v) is 4.73. The van der Waals surface area contributed by atoms with Crippen LogP contribution in [0.4, 0.5) is 0 Å². The maximum absolute atomic E-state index is 11.9. The first kappa shape index (κ1) is 9.62. The van der Waals surface area contributed by atoms with Crippen LogP contribution in [0.25, 0.3) is 0 Å². The lowest BCUT2D eigenvalue weighted by atomic mass is 9.70. The minimum atomic E-state index is -0.941. The smallest absolute Gasteiger partial charge is 0.274 e. The summed E-state index contributed by atoms with van der Waals surface area (Å²) in [6.45, 7) is 5.87. The number of rotatable bonds is 1. The first-order valence-electron chi connectivity index (χ1n) is 5.00. The highest BCUT2D eigenvalue weighted by atomic mass is 16.6. The van der Waals surface area contributed by atoms with Crippen molar-refractivity contribution in [2.45, 2.75) is 39.7 Å². The second-order valence-electron chi connectivity index (χ2n) is 5.29. The Morgan fingerprint density at radius 2 is 2.00 bits per heavy atom. The van der Waals surface area contributed by atoms with Gasteiger partial charge >= 0.3 is 0 Å². The Balaban J connectivity index is 2.49. The summed E-state index contributed by atoms with van der Waals surface area (Å²) >= 11 is 0. The van der Waals surface area contributed by atoms with Gasteiger partial charge in [0.1, 0.15) is 0 Å². The zero-order valence-corrected chi connectivity index (χ0v) is 8.74. The van der Waals surface area contributed by atoms with E-state index >= 15 is 0 Å². The fourth-order valence-electron chi connectivity index (χ4n) is 3.28. The number of hydrogen-bond acceptors (Lipinski definition) is 3. The average Bonchev–Trinajstić information content (AvgIpc) is 2.35. The van der Waals surface area contributed by atoms with Crippen LogP contribution in [0.1, 0.15) is 33.6 Å². The molecule has 78 valence electrons. The molecule has 0 saturated heterocycles. The van der Waals surface area contributed by atoms with Crippen molar-refractivity contribution in [1.29, 1.82) is 0 Å². The normalized spacial score (nSPS) is 44.4. The van der Waals surface area contributed by atoms with E-state index in [1.807, 2.05) is 20.8 Å². The van der Waals surface area contributed by atoms with E-state index in [9.17, 15) is 14.9 Å². The van der Waals surface area contributed by atoms with Crippen LogP contribution in [0.5, 0.6) is 0 Å². The topological polar surface area (TPSA) is 60.2 Å². The van der Waals surface area contributed by atoms with Crippen molar-refractivity contribution in [3.63, 3.8) is 0 Å². The van der Waals surface area contributed by atoms with Gasteiger partial charge < -0.3 is 0 Å². The zero-order chi connectivity index (χ0) is 10.7. The summed E-state index contributed by atoms with van der Waals surface area (Å²) in [5, 5.41) is 10.8. The fourth-order valence-corrected chi connectivity index (χ4v) is 3.28. The molecule has 2 saturated carbocycles. The molecule has 0 aromatic heterocycles. The summed E-state index contributed by atoms with van der Waals surface area (Å²) < 4.78 is 0. The van der Waals surface area contributed by atoms with Gasteiger partial charge in [-0.15, -0.1) is 0 Å². The molecule has 2 aliphatic carbocycles. The molecule has 2 rings (SSSR count). The number of carbonyl (C=O) groups excluding carboxylic acids is 1. The van der Waals surface area contributed by atoms with Gasteiger partial charge in [0.15, 0.2) is 0 Å². The van der Waals surface area contributed by atoms with E-state index in [1.165, 1.54) is 0 Å². The predicted octanol–water partition coefficient (Wildman–Crippen LogP) is 1.66. The maximum Gasteiger partial charge on any atom is 0.274 e. The van der Waals surface area contributed by atoms with Gasteiger partial charge in [-0.05, 0) is 18.3 Å². The molecule has 2 aliphatic rings. The number of fused-ring (bicyclic) bond motifs is 2. The second kappa shape index (κ2) is 2.35. The average molecular weight is 197 g/mol. The number of nitrogens with zero attached hydrogens (tertiary/aromatic N) is 1. The van der Waals surface area contributed by atoms with Crippen molar-refractivity contribution in [3.05, 3.63) is 10.1 Å². The predicted molar refractivity (Wildman–Crippen MR) is 50.4 cm³/mol. The minimum absolute atomic E-state index is 0.0602. The molecule has 0 aromatic rings. The third-order valence-electron chi connectivity index (χ3n) is 4.73. The fraction of sp³-hybridized carbons (Fsp3) is 0.900. The Kier molecular flexibility index (Phi) is 1.62. The van der Waals surface area contributed by atoms with Crippen LogP contribution in [0.2, 0.25) is 0 Å². The lowest BCUT2D eigenvalue weighted by molar-refractivity contribution is -0.516. The number of nitro groups is 1. The highest BCUT2D eigenvalue weighted by molar-refractivity contribution is 5.93. The lowest BCUT2D eigenvalue weighted by Gasteiger charge is -2.31. The molecule has 2 fully saturated rings. The molecule has 0 unspecified atom stereocenters. The van der Waals surface area contributed by atoms with Crippen LogP contribution in [0.15, 0.2) is 0 Å². The van der Waals surface area contributed by atoms with Crippen LogP contribution >= 0.6 is 0 Å². The van der Waals surface area contributed by atoms with E-state index in [2.05, 4.69) is 0 Å². The van der Waals surface area contributed by atoms with E-state index in [4.69, 9.17) is 0 Å². The van der Waals surface area contributed by atoms with Crippen LogP contribution in [0, 0.1) is 26.9 Å². The van der Waals surface area contributed by atoms with Gasteiger partial charge in [0.05, 0.1) is 0 Å². The molecule has 14 heavy (non-hydrogen) atoms. The van der Waals surface area contributed by atoms with Crippen molar-refractivity contribution in [1.82, 2.24) is 0 Å². The van der Waals surface area contributed by atoms with E-state index in [-0.39, 0.29) is 22.0 Å². The van der Waals surface area contributed by atoms with Crippen LogP contribution in [0.3, 0.4) is 0 Å². The van der Waals surface area contributed by atoms with Gasteiger partial charge in [-0.1, -0.05) is 20.8 Å². The number of Topliss-reactive ketones (excluding diaryl/α,β-unsaturated/α-hetero) is 1. The summed E-state index contributed by atoms with van der Waals surface area (Å²) in [6, 6.07) is -0.941. The Hall–Kier alpha value is -0.930. The molecular weight excluding hydrogens is 182 g/mol. The van der Waals surface area contributed by atoms with Crippen molar-refractivity contribution in [2.75, 3.05) is 0 Å². The highest BCUT2D eigenvalue weighted by Gasteiger charge is 2.70. The van der Waals surface area contributed by atoms with Gasteiger partial charge in [0.2, 0.25) is 5.78 Å². The maximum atomic E-state index is 11.9. The van der Waals surface area contributed by atoms with Crippen LogP contribution in [-0.2, 0) is 4.79 Å². The second-order valence-corrected chi connectivity index (χ2v) is 5.29. The summed E-state index contributed by atoms with van der Waals surface area (Å²) in [5.41, 5.74) is -0.669. The number of hydrogen-bond donors (Lipinski definition) is 0. The molecule has 2 bridgehead atoms. The SMILES string of the molecule is CC1(C)[C@@H]2CC[C@@]1(C)C(=O)[C@@H]2[N+](=O)[O-]. The Morgan fingerprint density at radius 3 is 2.29 bits per heavy atom. The van der Waals surface area contributed by atoms with Crippen molar-refractivity contribution < 1.29 is 9.72 Å². The molecule has 3 atom stereocenters. The summed E-state index contributed by atoms with van der Waals surface area (Å²) in [4.78, 5) is 22.3. The summed E-state index contributed by atoms with van der Waals surface area (Å²) in [6.07, 6.45) is 1.63. The first-order valence-corrected chi connectivity index (χ1v) is 5.00. The van der Waals surface area contributed by atoms with Crippen molar-refractivity contribution in [3.8, 4) is 0 Å². The van der Waals surface area contributed by atoms with E-state index in [1.54, 1.807) is 0 Å². The van der Waals surface area contributed by atoms with Crippen molar-refractivity contribution >= 4 is 5.78 Å². The molecule has 0 aliphatic heterocycles.